The van der Waals surface area contributed by atoms with E-state index >= 15 is 0 Å². The second kappa shape index (κ2) is 7.93. The van der Waals surface area contributed by atoms with Gasteiger partial charge in [-0.15, -0.1) is 0 Å². The number of alkyl halides is 2. The molecule has 1 heterocycles. The van der Waals surface area contributed by atoms with Crippen molar-refractivity contribution in [1.82, 2.24) is 4.90 Å². The highest BCUT2D eigenvalue weighted by atomic mass is 19.3. The Labute approximate surface area is 171 Å². The molecular weight excluding hydrogens is 392 g/mol. The highest BCUT2D eigenvalue weighted by Gasteiger charge is 2.58. The second-order valence-corrected chi connectivity index (χ2v) is 7.14. The number of rotatable bonds is 3. The fourth-order valence-corrected chi connectivity index (χ4v) is 4.35. The molecule has 0 spiro atoms. The molecule has 7 nitrogen and oxygen atoms in total. The Kier molecular flexibility index (Phi) is 5.54. The van der Waals surface area contributed by atoms with Gasteiger partial charge in [-0.1, -0.05) is 24.3 Å². The molecule has 1 N–H and O–H groups in total. The van der Waals surface area contributed by atoms with E-state index in [0.29, 0.717) is 5.57 Å². The number of hydrogen-bond acceptors (Lipinski definition) is 6. The summed E-state index contributed by atoms with van der Waals surface area (Å²) in [6.45, 7) is -1.45. The van der Waals surface area contributed by atoms with Crippen LogP contribution in [0.3, 0.4) is 0 Å². The third-order valence-electron chi connectivity index (χ3n) is 5.71. The van der Waals surface area contributed by atoms with Crippen LogP contribution in [0.25, 0.3) is 0 Å². The number of nitrogens with one attached hydrogen (secondary N) is 1. The van der Waals surface area contributed by atoms with Gasteiger partial charge in [-0.2, -0.15) is 24.6 Å². The molecule has 152 valence electrons. The van der Waals surface area contributed by atoms with E-state index < -0.39 is 35.5 Å². The van der Waals surface area contributed by atoms with E-state index in [4.69, 9.17) is 5.41 Å². The molecule has 1 fully saturated rings. The number of nitriles is 3. The van der Waals surface area contributed by atoms with Crippen molar-refractivity contribution in [2.45, 2.75) is 19.5 Å². The van der Waals surface area contributed by atoms with Gasteiger partial charge in [0.1, 0.15) is 11.7 Å². The van der Waals surface area contributed by atoms with Crippen LogP contribution in [-0.4, -0.2) is 36.2 Å². The molecule has 0 saturated heterocycles. The third-order valence-corrected chi connectivity index (χ3v) is 5.71. The van der Waals surface area contributed by atoms with Crippen LogP contribution in [0, 0.1) is 56.7 Å². The smallest absolute Gasteiger partial charge is 0.387 e. The van der Waals surface area contributed by atoms with Crippen molar-refractivity contribution in [3.05, 3.63) is 41.5 Å². The van der Waals surface area contributed by atoms with Crippen molar-refractivity contribution >= 4 is 11.6 Å². The van der Waals surface area contributed by atoms with Crippen molar-refractivity contribution < 1.29 is 18.3 Å². The Hall–Kier alpha value is -3.77. The minimum atomic E-state index is -3.13. The molecule has 1 amide bonds. The number of hydrogen-bond donors (Lipinski definition) is 1. The van der Waals surface area contributed by atoms with E-state index in [2.05, 4.69) is 4.74 Å². The Bertz CT molecular complexity index is 1030. The first-order chi connectivity index (χ1) is 14.3. The van der Waals surface area contributed by atoms with Gasteiger partial charge in [0.05, 0.1) is 23.9 Å². The number of carbonyl (C=O) groups is 1. The minimum absolute atomic E-state index is 0.0887. The van der Waals surface area contributed by atoms with E-state index in [1.165, 1.54) is 30.0 Å². The first kappa shape index (κ1) is 21.0. The summed E-state index contributed by atoms with van der Waals surface area (Å²) in [5, 5.41) is 38.2. The Morgan fingerprint density at radius 1 is 1.30 bits per heavy atom. The number of ether oxygens (including phenoxy) is 1. The van der Waals surface area contributed by atoms with Crippen LogP contribution in [0.5, 0.6) is 5.75 Å². The average molecular weight is 409 g/mol. The number of para-hydroxylation sites is 1. The first-order valence-electron chi connectivity index (χ1n) is 9.11. The maximum atomic E-state index is 13.0. The summed E-state index contributed by atoms with van der Waals surface area (Å²) in [5.41, 5.74) is -1.81. The molecule has 0 bridgehead atoms. The maximum absolute atomic E-state index is 13.0. The zero-order chi connectivity index (χ0) is 22.1. The Morgan fingerprint density at radius 3 is 2.53 bits per heavy atom. The van der Waals surface area contributed by atoms with Crippen LogP contribution < -0.4 is 4.74 Å². The predicted octanol–water partition coefficient (Wildman–Crippen LogP) is 2.98. The number of halogens is 2. The number of amides is 1. The monoisotopic (exact) mass is 409 g/mol. The lowest BCUT2D eigenvalue weighted by molar-refractivity contribution is -0.129. The topological polar surface area (TPSA) is 125 Å². The van der Waals surface area contributed by atoms with Gasteiger partial charge in [-0.05, 0) is 11.6 Å². The van der Waals surface area contributed by atoms with Crippen molar-refractivity contribution in [3.8, 4) is 24.0 Å². The molecule has 1 aliphatic carbocycles. The fraction of sp³-hybridized carbons (Fsp3) is 0.381. The van der Waals surface area contributed by atoms with Crippen LogP contribution in [0.4, 0.5) is 8.78 Å². The van der Waals surface area contributed by atoms with Crippen LogP contribution in [0.1, 0.15) is 18.4 Å². The molecule has 30 heavy (non-hydrogen) atoms. The van der Waals surface area contributed by atoms with Crippen molar-refractivity contribution in [2.75, 3.05) is 13.1 Å². The molecule has 0 aromatic heterocycles. The second-order valence-electron chi connectivity index (χ2n) is 7.14. The molecule has 1 aromatic carbocycles. The Morgan fingerprint density at radius 2 is 1.97 bits per heavy atom. The molecule has 1 saturated carbocycles. The van der Waals surface area contributed by atoms with Gasteiger partial charge in [0.25, 0.3) is 0 Å². The Balaban J connectivity index is 2.28. The normalized spacial score (nSPS) is 24.7. The summed E-state index contributed by atoms with van der Waals surface area (Å²) < 4.78 is 30.7. The summed E-state index contributed by atoms with van der Waals surface area (Å²) in [7, 11) is 0. The van der Waals surface area contributed by atoms with E-state index in [1.807, 2.05) is 18.2 Å². The molecule has 1 unspecified atom stereocenters. The van der Waals surface area contributed by atoms with E-state index in [1.54, 1.807) is 12.1 Å². The standard InChI is InChI=1S/C21H17F2N5O2/c1-12(29)28-7-6-13-15(8-24)19(27)21(10-25,11-26)18(16(13)9-28)14-4-2-3-5-17(14)30-20(22)23/h2-6,15-16,18,20,27H,7,9H2,1H3/t15?,16-,18+/m0/s1. The number of carbonyl (C=O) groups excluding carboxylic acids is 1. The largest absolute Gasteiger partial charge is 0.435 e. The van der Waals surface area contributed by atoms with Gasteiger partial charge < -0.3 is 15.0 Å². The quantitative estimate of drug-likeness (QED) is 0.769. The van der Waals surface area contributed by atoms with Gasteiger partial charge in [-0.3, -0.25) is 4.79 Å². The molecule has 1 aromatic rings. The van der Waals surface area contributed by atoms with E-state index in [-0.39, 0.29) is 30.3 Å². The number of fused-ring (bicyclic) bond motifs is 1. The molecule has 0 radical (unpaired) electrons. The molecule has 2 aliphatic rings. The van der Waals surface area contributed by atoms with Gasteiger partial charge in [0.15, 0.2) is 5.41 Å². The van der Waals surface area contributed by atoms with Crippen molar-refractivity contribution in [1.29, 1.82) is 21.2 Å². The summed E-state index contributed by atoms with van der Waals surface area (Å²) in [4.78, 5) is 13.5. The van der Waals surface area contributed by atoms with E-state index in [9.17, 15) is 29.4 Å². The van der Waals surface area contributed by atoms with E-state index in [0.717, 1.165) is 0 Å². The van der Waals surface area contributed by atoms with Crippen LogP contribution in [0.2, 0.25) is 0 Å². The van der Waals surface area contributed by atoms with Crippen molar-refractivity contribution in [3.63, 3.8) is 0 Å². The zero-order valence-electron chi connectivity index (χ0n) is 16.0. The summed E-state index contributed by atoms with van der Waals surface area (Å²) in [5.74, 6) is -3.33. The fourth-order valence-electron chi connectivity index (χ4n) is 4.35. The van der Waals surface area contributed by atoms with Gasteiger partial charge >= 0.3 is 6.61 Å². The lowest BCUT2D eigenvalue weighted by Crippen LogP contribution is -2.53. The summed E-state index contributed by atoms with van der Waals surface area (Å²) in [6.07, 6.45) is 1.65. The molecule has 3 rings (SSSR count). The van der Waals surface area contributed by atoms with Crippen LogP contribution in [-0.2, 0) is 4.79 Å². The van der Waals surface area contributed by atoms with Crippen LogP contribution >= 0.6 is 0 Å². The minimum Gasteiger partial charge on any atom is -0.435 e. The zero-order valence-corrected chi connectivity index (χ0v) is 16.0. The number of benzene rings is 1. The number of nitrogens with zero attached hydrogens (tertiary/aromatic N) is 4. The molecule has 3 atom stereocenters. The SMILES string of the molecule is CC(=O)N1CC=C2C(C#N)C(=N)C(C#N)(C#N)[C@H](c3ccccc3OC(F)F)[C@H]2C1. The third kappa shape index (κ3) is 3.17. The molecule has 1 aliphatic heterocycles. The lowest BCUT2D eigenvalue weighted by Gasteiger charge is -2.47. The lowest BCUT2D eigenvalue weighted by atomic mass is 9.54. The average Bonchev–Trinajstić information content (AvgIpc) is 2.73. The first-order valence-corrected chi connectivity index (χ1v) is 9.11. The summed E-state index contributed by atoms with van der Waals surface area (Å²) >= 11 is 0. The van der Waals surface area contributed by atoms with Crippen molar-refractivity contribution in [2.24, 2.45) is 17.3 Å². The van der Waals surface area contributed by atoms with Gasteiger partial charge in [0.2, 0.25) is 5.91 Å². The van der Waals surface area contributed by atoms with Crippen LogP contribution in [0.15, 0.2) is 35.9 Å². The maximum Gasteiger partial charge on any atom is 0.387 e. The molecular formula is C21H17F2N5O2. The predicted molar refractivity (Wildman–Crippen MR) is 100 cm³/mol. The summed E-state index contributed by atoms with van der Waals surface area (Å²) in [6, 6.07) is 11.6. The highest BCUT2D eigenvalue weighted by Crippen LogP contribution is 2.55. The van der Waals surface area contributed by atoms with Gasteiger partial charge in [-0.25, -0.2) is 0 Å². The molecule has 9 heteroatoms. The van der Waals surface area contributed by atoms with Gasteiger partial charge in [0, 0.05) is 37.4 Å². The highest BCUT2D eigenvalue weighted by molar-refractivity contribution is 6.01.